The summed E-state index contributed by atoms with van der Waals surface area (Å²) in [7, 11) is 7.95. The predicted octanol–water partition coefficient (Wildman–Crippen LogP) is 4.45. The second kappa shape index (κ2) is 8.55. The van der Waals surface area contributed by atoms with Crippen molar-refractivity contribution in [2.75, 3.05) is 49.9 Å². The van der Waals surface area contributed by atoms with Gasteiger partial charge in [0.15, 0.2) is 0 Å². The first kappa shape index (κ1) is 20.1. The number of nitrogens with zero attached hydrogens (tertiary/aromatic N) is 2. The molecule has 0 aliphatic heterocycles. The van der Waals surface area contributed by atoms with E-state index in [1.807, 2.05) is 62.3 Å². The maximum absolute atomic E-state index is 12.8. The molecule has 2 aromatic carbocycles. The van der Waals surface area contributed by atoms with Crippen molar-refractivity contribution in [2.24, 2.45) is 0 Å². The average Bonchev–Trinajstić information content (AvgIpc) is 3.17. The number of para-hydroxylation sites is 1. The fourth-order valence-electron chi connectivity index (χ4n) is 4.22. The maximum Gasteiger partial charge on any atom is 0.319 e. The SMILES string of the molecule is CN(C)c1cccc(N(C)C)c1NC(=O)NCC1(c2ccccc2)CCCC1. The molecule has 1 fully saturated rings. The van der Waals surface area contributed by atoms with Gasteiger partial charge in [-0.15, -0.1) is 0 Å². The number of hydrogen-bond acceptors (Lipinski definition) is 3. The molecule has 0 spiro atoms. The number of anilines is 3. The molecule has 3 rings (SSSR count). The number of carbonyl (C=O) groups is 1. The first-order chi connectivity index (χ1) is 13.4. The summed E-state index contributed by atoms with van der Waals surface area (Å²) in [5, 5.41) is 6.26. The summed E-state index contributed by atoms with van der Waals surface area (Å²) < 4.78 is 0. The Bertz CT molecular complexity index is 769. The van der Waals surface area contributed by atoms with Gasteiger partial charge in [-0.3, -0.25) is 0 Å². The Morgan fingerprint density at radius 3 is 2.00 bits per heavy atom. The van der Waals surface area contributed by atoms with Gasteiger partial charge in [-0.2, -0.15) is 0 Å². The summed E-state index contributed by atoms with van der Waals surface area (Å²) >= 11 is 0. The molecule has 0 heterocycles. The molecule has 0 saturated heterocycles. The Kier molecular flexibility index (Phi) is 6.12. The van der Waals surface area contributed by atoms with Gasteiger partial charge in [0.25, 0.3) is 0 Å². The van der Waals surface area contributed by atoms with Crippen LogP contribution in [0.1, 0.15) is 31.2 Å². The Morgan fingerprint density at radius 1 is 0.893 bits per heavy atom. The van der Waals surface area contributed by atoms with E-state index in [9.17, 15) is 4.79 Å². The van der Waals surface area contributed by atoms with Gasteiger partial charge in [0.1, 0.15) is 0 Å². The molecule has 2 aromatic rings. The fourth-order valence-corrected chi connectivity index (χ4v) is 4.22. The molecule has 28 heavy (non-hydrogen) atoms. The lowest BCUT2D eigenvalue weighted by Crippen LogP contribution is -2.41. The van der Waals surface area contributed by atoms with Gasteiger partial charge in [0.05, 0.1) is 17.1 Å². The fraction of sp³-hybridized carbons (Fsp3) is 0.435. The molecule has 2 N–H and O–H groups in total. The normalized spacial score (nSPS) is 15.1. The maximum atomic E-state index is 12.8. The minimum absolute atomic E-state index is 0.0457. The van der Waals surface area contributed by atoms with E-state index in [1.165, 1.54) is 18.4 Å². The first-order valence-electron chi connectivity index (χ1n) is 10.0. The zero-order valence-corrected chi connectivity index (χ0v) is 17.5. The first-order valence-corrected chi connectivity index (χ1v) is 10.0. The highest BCUT2D eigenvalue weighted by atomic mass is 16.2. The van der Waals surface area contributed by atoms with Crippen molar-refractivity contribution in [3.05, 3.63) is 54.1 Å². The van der Waals surface area contributed by atoms with Crippen LogP contribution in [-0.4, -0.2) is 40.8 Å². The topological polar surface area (TPSA) is 47.6 Å². The third-order valence-corrected chi connectivity index (χ3v) is 5.76. The number of urea groups is 1. The van der Waals surface area contributed by atoms with Crippen LogP contribution in [0.25, 0.3) is 0 Å². The van der Waals surface area contributed by atoms with Gasteiger partial charge >= 0.3 is 6.03 Å². The van der Waals surface area contributed by atoms with E-state index in [1.54, 1.807) is 0 Å². The molecule has 150 valence electrons. The average molecular weight is 381 g/mol. The van der Waals surface area contributed by atoms with E-state index >= 15 is 0 Å². The van der Waals surface area contributed by atoms with Crippen LogP contribution in [0.3, 0.4) is 0 Å². The molecule has 0 radical (unpaired) electrons. The van der Waals surface area contributed by atoms with Crippen molar-refractivity contribution in [3.8, 4) is 0 Å². The molecule has 0 unspecified atom stereocenters. The van der Waals surface area contributed by atoms with Crippen molar-refractivity contribution in [1.82, 2.24) is 5.32 Å². The van der Waals surface area contributed by atoms with Gasteiger partial charge in [0.2, 0.25) is 0 Å². The lowest BCUT2D eigenvalue weighted by molar-refractivity contribution is 0.248. The largest absolute Gasteiger partial charge is 0.376 e. The molecule has 1 saturated carbocycles. The van der Waals surface area contributed by atoms with E-state index < -0.39 is 0 Å². The summed E-state index contributed by atoms with van der Waals surface area (Å²) in [6, 6.07) is 16.5. The zero-order valence-electron chi connectivity index (χ0n) is 17.5. The van der Waals surface area contributed by atoms with Crippen LogP contribution in [0, 0.1) is 0 Å². The molecule has 1 aliphatic rings. The van der Waals surface area contributed by atoms with Crippen molar-refractivity contribution >= 4 is 23.1 Å². The minimum atomic E-state index is -0.153. The highest BCUT2D eigenvalue weighted by molar-refractivity contribution is 5.98. The van der Waals surface area contributed by atoms with E-state index in [0.717, 1.165) is 29.9 Å². The predicted molar refractivity (Wildman–Crippen MR) is 119 cm³/mol. The summed E-state index contributed by atoms with van der Waals surface area (Å²) in [4.78, 5) is 16.9. The van der Waals surface area contributed by atoms with Crippen LogP contribution in [0.4, 0.5) is 21.9 Å². The lowest BCUT2D eigenvalue weighted by Gasteiger charge is -2.30. The highest BCUT2D eigenvalue weighted by Gasteiger charge is 2.35. The molecular formula is C23H32N4O. The summed E-state index contributed by atoms with van der Waals surface area (Å²) in [5.41, 5.74) is 4.18. The zero-order chi connectivity index (χ0) is 20.1. The third-order valence-electron chi connectivity index (χ3n) is 5.76. The van der Waals surface area contributed by atoms with Crippen molar-refractivity contribution in [2.45, 2.75) is 31.1 Å². The number of amides is 2. The Morgan fingerprint density at radius 2 is 1.46 bits per heavy atom. The number of nitrogens with one attached hydrogen (secondary N) is 2. The van der Waals surface area contributed by atoms with E-state index in [4.69, 9.17) is 0 Å². The van der Waals surface area contributed by atoms with Crippen LogP contribution in [0.2, 0.25) is 0 Å². The standard InChI is InChI=1S/C23H32N4O/c1-26(2)19-13-10-14-20(27(3)4)21(19)25-22(28)24-17-23(15-8-9-16-23)18-11-6-5-7-12-18/h5-7,10-14H,8-9,15-17H2,1-4H3,(H2,24,25,28). The van der Waals surface area contributed by atoms with Gasteiger partial charge in [0, 0.05) is 40.2 Å². The summed E-state index contributed by atoms with van der Waals surface area (Å²) in [5.74, 6) is 0. The van der Waals surface area contributed by atoms with Gasteiger partial charge < -0.3 is 20.4 Å². The highest BCUT2D eigenvalue weighted by Crippen LogP contribution is 2.40. The van der Waals surface area contributed by atoms with Crippen molar-refractivity contribution < 1.29 is 4.79 Å². The van der Waals surface area contributed by atoms with E-state index in [-0.39, 0.29) is 11.4 Å². The quantitative estimate of drug-likeness (QED) is 0.778. The minimum Gasteiger partial charge on any atom is -0.376 e. The smallest absolute Gasteiger partial charge is 0.319 e. The van der Waals surface area contributed by atoms with Crippen LogP contribution >= 0.6 is 0 Å². The Balaban J connectivity index is 1.76. The number of hydrogen-bond donors (Lipinski definition) is 2. The molecular weight excluding hydrogens is 348 g/mol. The third kappa shape index (κ3) is 4.24. The molecule has 1 aliphatic carbocycles. The van der Waals surface area contributed by atoms with E-state index in [0.29, 0.717) is 6.54 Å². The van der Waals surface area contributed by atoms with E-state index in [2.05, 4.69) is 34.9 Å². The molecule has 0 aromatic heterocycles. The van der Waals surface area contributed by atoms with Crippen LogP contribution in [0.5, 0.6) is 0 Å². The van der Waals surface area contributed by atoms with Crippen molar-refractivity contribution in [3.63, 3.8) is 0 Å². The van der Waals surface area contributed by atoms with Gasteiger partial charge in [-0.05, 0) is 30.5 Å². The second-order valence-electron chi connectivity index (χ2n) is 8.12. The second-order valence-corrected chi connectivity index (χ2v) is 8.12. The Labute approximate surface area is 168 Å². The number of benzene rings is 2. The van der Waals surface area contributed by atoms with Crippen molar-refractivity contribution in [1.29, 1.82) is 0 Å². The summed E-state index contributed by atoms with van der Waals surface area (Å²) in [6.07, 6.45) is 4.67. The monoisotopic (exact) mass is 380 g/mol. The number of carbonyl (C=O) groups excluding carboxylic acids is 1. The molecule has 2 amide bonds. The van der Waals surface area contributed by atoms with Gasteiger partial charge in [-0.25, -0.2) is 4.79 Å². The molecule has 5 heteroatoms. The van der Waals surface area contributed by atoms with Gasteiger partial charge in [-0.1, -0.05) is 49.2 Å². The van der Waals surface area contributed by atoms with Crippen LogP contribution in [0.15, 0.2) is 48.5 Å². The molecule has 5 nitrogen and oxygen atoms in total. The van der Waals surface area contributed by atoms with Crippen LogP contribution < -0.4 is 20.4 Å². The molecule has 0 bridgehead atoms. The Hall–Kier alpha value is -2.69. The van der Waals surface area contributed by atoms with Crippen LogP contribution in [-0.2, 0) is 5.41 Å². The number of rotatable bonds is 6. The summed E-state index contributed by atoms with van der Waals surface area (Å²) in [6.45, 7) is 0.657. The molecule has 0 atom stereocenters. The lowest BCUT2D eigenvalue weighted by atomic mass is 9.79.